The molecule has 0 unspecified atom stereocenters. The zero-order chi connectivity index (χ0) is 3.58. The van der Waals surface area contributed by atoms with Gasteiger partial charge < -0.3 is 4.79 Å². The second-order valence-electron chi connectivity index (χ2n) is 0.908. The molecule has 0 amide bonds. The minimum atomic E-state index is 0. The summed E-state index contributed by atoms with van der Waals surface area (Å²) in [5.41, 5.74) is 0. The maximum atomic E-state index is 9.44. The first-order valence-electron chi connectivity index (χ1n) is 1.20. The van der Waals surface area contributed by atoms with Crippen LogP contribution in [0.15, 0.2) is 0 Å². The van der Waals surface area contributed by atoms with E-state index in [-0.39, 0.29) is 88.4 Å². The van der Waals surface area contributed by atoms with E-state index in [4.69, 9.17) is 0 Å². The van der Waals surface area contributed by atoms with E-state index in [1.165, 1.54) is 13.8 Å². The predicted octanol–water partition coefficient (Wildman–Crippen LogP) is 0.595. The molecule has 0 rings (SSSR count). The minimum Gasteiger partial charge on any atom is -0.300 e. The SMILES string of the molecule is CC(C)=O.[Pr].[Pr]. The molecule has 0 saturated carbocycles. The molecule has 30 valence electrons. The van der Waals surface area contributed by atoms with Gasteiger partial charge in [-0.1, -0.05) is 0 Å². The van der Waals surface area contributed by atoms with Gasteiger partial charge in [-0.15, -0.1) is 0 Å². The Morgan fingerprint density at radius 1 is 1.17 bits per heavy atom. The normalized spacial score (nSPS) is 4.33. The van der Waals surface area contributed by atoms with Crippen molar-refractivity contribution >= 4 is 5.78 Å². The van der Waals surface area contributed by atoms with Gasteiger partial charge in [-0.05, 0) is 13.8 Å². The third-order valence-electron chi connectivity index (χ3n) is 0. The molecule has 2 radical (unpaired) electrons. The molecular formula is C3H6OPr2. The first-order valence-corrected chi connectivity index (χ1v) is 1.20. The fraction of sp³-hybridized carbons (Fsp3) is 0.667. The van der Waals surface area contributed by atoms with Crippen molar-refractivity contribution in [3.63, 3.8) is 0 Å². The molecular weight excluding hydrogens is 334 g/mol. The summed E-state index contributed by atoms with van der Waals surface area (Å²) in [6.45, 7) is 3.06. The van der Waals surface area contributed by atoms with Crippen molar-refractivity contribution in [1.29, 1.82) is 0 Å². The van der Waals surface area contributed by atoms with E-state index >= 15 is 0 Å². The molecule has 0 bridgehead atoms. The van der Waals surface area contributed by atoms with Crippen molar-refractivity contribution in [1.82, 2.24) is 0 Å². The van der Waals surface area contributed by atoms with Gasteiger partial charge in [0.1, 0.15) is 5.78 Å². The van der Waals surface area contributed by atoms with Crippen molar-refractivity contribution in [2.45, 2.75) is 13.8 Å². The van der Waals surface area contributed by atoms with Gasteiger partial charge >= 0.3 is 0 Å². The average Bonchev–Trinajstić information content (AvgIpc) is 0.811. The molecule has 0 aliphatic heterocycles. The number of carbonyl (C=O) groups excluding carboxylic acids is 1. The van der Waals surface area contributed by atoms with Gasteiger partial charge in [0.25, 0.3) is 0 Å². The van der Waals surface area contributed by atoms with Crippen LogP contribution in [0.3, 0.4) is 0 Å². The van der Waals surface area contributed by atoms with Gasteiger partial charge in [0.2, 0.25) is 0 Å². The van der Waals surface area contributed by atoms with Crippen LogP contribution in [0.1, 0.15) is 13.8 Å². The number of hydrogen-bond donors (Lipinski definition) is 0. The van der Waals surface area contributed by atoms with Crippen LogP contribution in [-0.4, -0.2) is 5.78 Å². The van der Waals surface area contributed by atoms with E-state index in [2.05, 4.69) is 0 Å². The Bertz CT molecular complexity index is 31.8. The van der Waals surface area contributed by atoms with Crippen molar-refractivity contribution < 1.29 is 87.4 Å². The summed E-state index contributed by atoms with van der Waals surface area (Å²) in [4.78, 5) is 9.44. The monoisotopic (exact) mass is 340 g/mol. The quantitative estimate of drug-likeness (QED) is 0.631. The smallest absolute Gasteiger partial charge is 0.126 e. The molecule has 0 atom stereocenters. The minimum absolute atomic E-state index is 0. The molecule has 0 N–H and O–H groups in total. The van der Waals surface area contributed by atoms with E-state index in [1.807, 2.05) is 0 Å². The van der Waals surface area contributed by atoms with Gasteiger partial charge in [-0.25, -0.2) is 0 Å². The Hall–Kier alpha value is 2.40. The topological polar surface area (TPSA) is 17.1 Å². The Balaban J connectivity index is -0.0000000450. The van der Waals surface area contributed by atoms with Crippen LogP contribution < -0.4 is 0 Å². The average molecular weight is 340 g/mol. The van der Waals surface area contributed by atoms with Crippen molar-refractivity contribution in [3.05, 3.63) is 0 Å². The molecule has 1 nitrogen and oxygen atoms in total. The van der Waals surface area contributed by atoms with Crippen molar-refractivity contribution in [2.75, 3.05) is 0 Å². The fourth-order valence-electron chi connectivity index (χ4n) is 0. The molecule has 0 aliphatic rings. The molecule has 0 aliphatic carbocycles. The Morgan fingerprint density at radius 2 is 1.17 bits per heavy atom. The number of Topliss-reactive ketones (excluding diaryl/α,β-unsaturated/α-hetero) is 1. The van der Waals surface area contributed by atoms with Gasteiger partial charge in [0.15, 0.2) is 0 Å². The second-order valence-corrected chi connectivity index (χ2v) is 0.908. The summed E-state index contributed by atoms with van der Waals surface area (Å²) < 4.78 is 0. The number of hydrogen-bond acceptors (Lipinski definition) is 1. The number of carbonyl (C=O) groups is 1. The van der Waals surface area contributed by atoms with Crippen LogP contribution in [0.4, 0.5) is 0 Å². The molecule has 0 fully saturated rings. The molecule has 6 heavy (non-hydrogen) atoms. The summed E-state index contributed by atoms with van der Waals surface area (Å²) in [7, 11) is 0. The van der Waals surface area contributed by atoms with Crippen molar-refractivity contribution in [3.8, 4) is 0 Å². The largest absolute Gasteiger partial charge is 0.300 e. The van der Waals surface area contributed by atoms with E-state index in [1.54, 1.807) is 0 Å². The predicted molar refractivity (Wildman–Crippen MR) is 16.4 cm³/mol. The van der Waals surface area contributed by atoms with E-state index < -0.39 is 0 Å². The van der Waals surface area contributed by atoms with E-state index in [0.29, 0.717) is 0 Å². The van der Waals surface area contributed by atoms with Crippen LogP contribution in [0.25, 0.3) is 0 Å². The van der Waals surface area contributed by atoms with Crippen molar-refractivity contribution in [2.24, 2.45) is 0 Å². The van der Waals surface area contributed by atoms with E-state index in [0.717, 1.165) is 0 Å². The van der Waals surface area contributed by atoms with Crippen LogP contribution in [0, 0.1) is 82.6 Å². The summed E-state index contributed by atoms with van der Waals surface area (Å²) in [5.74, 6) is 0.167. The first kappa shape index (κ1) is 15.8. The molecule has 0 spiro atoms. The third kappa shape index (κ3) is 32.4. The fourth-order valence-corrected chi connectivity index (χ4v) is 0. The van der Waals surface area contributed by atoms with Gasteiger partial charge in [-0.3, -0.25) is 0 Å². The maximum absolute atomic E-state index is 9.44. The number of rotatable bonds is 0. The van der Waals surface area contributed by atoms with Gasteiger partial charge in [-0.2, -0.15) is 0 Å². The van der Waals surface area contributed by atoms with Gasteiger partial charge in [0, 0.05) is 82.6 Å². The van der Waals surface area contributed by atoms with Crippen LogP contribution in [-0.2, 0) is 4.79 Å². The summed E-state index contributed by atoms with van der Waals surface area (Å²) >= 11 is 0. The molecule has 0 heterocycles. The summed E-state index contributed by atoms with van der Waals surface area (Å²) in [6.07, 6.45) is 0. The standard InChI is InChI=1S/C3H6O.2Pr/c1-3(2)4;;/h1-2H3;;. The molecule has 0 aromatic heterocycles. The van der Waals surface area contributed by atoms with Gasteiger partial charge in [0.05, 0.1) is 0 Å². The molecule has 3 heteroatoms. The van der Waals surface area contributed by atoms with Crippen LogP contribution >= 0.6 is 0 Å². The zero-order valence-electron chi connectivity index (χ0n) is 4.06. The van der Waals surface area contributed by atoms with E-state index in [9.17, 15) is 4.79 Å². The Morgan fingerprint density at radius 3 is 1.17 bits per heavy atom. The third-order valence-corrected chi connectivity index (χ3v) is 0. The molecule has 0 aromatic rings. The Kier molecular flexibility index (Phi) is 27.3. The second kappa shape index (κ2) is 10.4. The first-order chi connectivity index (χ1) is 1.73. The number of ketones is 1. The zero-order valence-corrected chi connectivity index (χ0v) is 11.5. The maximum Gasteiger partial charge on any atom is 0.126 e. The summed E-state index contributed by atoms with van der Waals surface area (Å²) in [5, 5.41) is 0. The molecule has 0 saturated heterocycles. The summed E-state index contributed by atoms with van der Waals surface area (Å²) in [6, 6.07) is 0. The molecule has 0 aromatic carbocycles. The van der Waals surface area contributed by atoms with Crippen LogP contribution in [0.5, 0.6) is 0 Å². The Labute approximate surface area is 105 Å². The van der Waals surface area contributed by atoms with Crippen LogP contribution in [0.2, 0.25) is 0 Å².